The van der Waals surface area contributed by atoms with Crippen LogP contribution < -0.4 is 0 Å². The molecule has 15 heavy (non-hydrogen) atoms. The largest absolute Gasteiger partial charge is 0.445 e. The lowest BCUT2D eigenvalue weighted by Gasteiger charge is -2.27. The summed E-state index contributed by atoms with van der Waals surface area (Å²) in [7, 11) is 0. The SMILES string of the molecule is C/C(=N/C(=O)OC(C)C)N1CCOCC1. The second-order valence-corrected chi connectivity index (χ2v) is 3.69. The molecule has 0 aromatic rings. The first kappa shape index (κ1) is 12.0. The van der Waals surface area contributed by atoms with Crippen molar-refractivity contribution in [3.05, 3.63) is 0 Å². The molecule has 0 atom stereocenters. The molecule has 0 bridgehead atoms. The van der Waals surface area contributed by atoms with Gasteiger partial charge in [-0.25, -0.2) is 4.79 Å². The summed E-state index contributed by atoms with van der Waals surface area (Å²) >= 11 is 0. The van der Waals surface area contributed by atoms with Crippen molar-refractivity contribution in [1.29, 1.82) is 0 Å². The van der Waals surface area contributed by atoms with Crippen LogP contribution in [-0.2, 0) is 9.47 Å². The molecule has 0 unspecified atom stereocenters. The number of amidine groups is 1. The third kappa shape index (κ3) is 4.29. The number of amides is 1. The lowest BCUT2D eigenvalue weighted by molar-refractivity contribution is 0.0673. The van der Waals surface area contributed by atoms with Crippen LogP contribution >= 0.6 is 0 Å². The maximum absolute atomic E-state index is 11.2. The highest BCUT2D eigenvalue weighted by Gasteiger charge is 2.13. The fourth-order valence-electron chi connectivity index (χ4n) is 1.32. The second-order valence-electron chi connectivity index (χ2n) is 3.69. The van der Waals surface area contributed by atoms with Gasteiger partial charge >= 0.3 is 6.09 Å². The number of hydrogen-bond donors (Lipinski definition) is 0. The third-order valence-electron chi connectivity index (χ3n) is 2.06. The molecular weight excluding hydrogens is 196 g/mol. The number of rotatable bonds is 1. The Balaban J connectivity index is 2.46. The van der Waals surface area contributed by atoms with E-state index in [9.17, 15) is 4.79 Å². The van der Waals surface area contributed by atoms with Gasteiger partial charge in [0.15, 0.2) is 0 Å². The summed E-state index contributed by atoms with van der Waals surface area (Å²) in [6.07, 6.45) is -0.646. The van der Waals surface area contributed by atoms with Crippen molar-refractivity contribution in [2.45, 2.75) is 26.9 Å². The van der Waals surface area contributed by atoms with Crippen LogP contribution in [0.4, 0.5) is 4.79 Å². The first-order valence-electron chi connectivity index (χ1n) is 5.18. The Morgan fingerprint density at radius 3 is 2.53 bits per heavy atom. The minimum absolute atomic E-state index is 0.126. The maximum Gasteiger partial charge on any atom is 0.435 e. The number of hydrogen-bond acceptors (Lipinski definition) is 3. The van der Waals surface area contributed by atoms with Gasteiger partial charge < -0.3 is 14.4 Å². The molecular formula is C10H18N2O3. The third-order valence-corrected chi connectivity index (χ3v) is 2.06. The number of nitrogens with zero attached hydrogens (tertiary/aromatic N) is 2. The molecule has 1 aliphatic rings. The Hall–Kier alpha value is -1.10. The molecule has 0 aromatic heterocycles. The molecule has 1 heterocycles. The molecule has 1 rings (SSSR count). The first-order valence-corrected chi connectivity index (χ1v) is 5.18. The van der Waals surface area contributed by atoms with E-state index in [0.717, 1.165) is 13.1 Å². The van der Waals surface area contributed by atoms with Crippen LogP contribution in [0.2, 0.25) is 0 Å². The zero-order valence-corrected chi connectivity index (χ0v) is 9.52. The monoisotopic (exact) mass is 214 g/mol. The molecule has 0 N–H and O–H groups in total. The average molecular weight is 214 g/mol. The second kappa shape index (κ2) is 5.70. The van der Waals surface area contributed by atoms with Crippen LogP contribution in [0.3, 0.4) is 0 Å². The van der Waals surface area contributed by atoms with Crippen molar-refractivity contribution in [3.8, 4) is 0 Å². The van der Waals surface area contributed by atoms with Gasteiger partial charge in [0.2, 0.25) is 0 Å². The van der Waals surface area contributed by atoms with Crippen molar-refractivity contribution < 1.29 is 14.3 Å². The molecule has 86 valence electrons. The smallest absolute Gasteiger partial charge is 0.435 e. The fraction of sp³-hybridized carbons (Fsp3) is 0.800. The van der Waals surface area contributed by atoms with E-state index in [1.165, 1.54) is 0 Å². The topological polar surface area (TPSA) is 51.1 Å². The van der Waals surface area contributed by atoms with Crippen LogP contribution in [0.1, 0.15) is 20.8 Å². The van der Waals surface area contributed by atoms with E-state index >= 15 is 0 Å². The maximum atomic E-state index is 11.2. The number of ether oxygens (including phenoxy) is 2. The number of aliphatic imine (C=N–C) groups is 1. The fourth-order valence-corrected chi connectivity index (χ4v) is 1.32. The highest BCUT2D eigenvalue weighted by molar-refractivity contribution is 5.90. The average Bonchev–Trinajstić information content (AvgIpc) is 2.17. The van der Waals surface area contributed by atoms with Gasteiger partial charge in [0, 0.05) is 13.1 Å². The summed E-state index contributed by atoms with van der Waals surface area (Å²) in [4.78, 5) is 17.1. The lowest BCUT2D eigenvalue weighted by atomic mass is 10.4. The van der Waals surface area contributed by atoms with Gasteiger partial charge in [-0.3, -0.25) is 0 Å². The molecule has 5 heteroatoms. The van der Waals surface area contributed by atoms with Crippen molar-refractivity contribution in [2.75, 3.05) is 26.3 Å². The van der Waals surface area contributed by atoms with Crippen LogP contribution in [0.15, 0.2) is 4.99 Å². The van der Waals surface area contributed by atoms with Gasteiger partial charge in [0.25, 0.3) is 0 Å². The summed E-state index contributed by atoms with van der Waals surface area (Å²) in [5.74, 6) is 0.698. The molecule has 0 spiro atoms. The molecule has 1 amide bonds. The normalized spacial score (nSPS) is 18.1. The lowest BCUT2D eigenvalue weighted by Crippen LogP contribution is -2.39. The predicted molar refractivity (Wildman–Crippen MR) is 57.1 cm³/mol. The molecule has 0 radical (unpaired) electrons. The van der Waals surface area contributed by atoms with E-state index in [4.69, 9.17) is 9.47 Å². The number of morpholine rings is 1. The molecule has 0 aliphatic carbocycles. The molecule has 5 nitrogen and oxygen atoms in total. The Kier molecular flexibility index (Phi) is 4.55. The highest BCUT2D eigenvalue weighted by Crippen LogP contribution is 2.00. The van der Waals surface area contributed by atoms with Gasteiger partial charge in [-0.2, -0.15) is 4.99 Å². The van der Waals surface area contributed by atoms with Gasteiger partial charge in [0.05, 0.1) is 19.3 Å². The van der Waals surface area contributed by atoms with Gasteiger partial charge in [-0.05, 0) is 20.8 Å². The Morgan fingerprint density at radius 1 is 1.40 bits per heavy atom. The van der Waals surface area contributed by atoms with E-state index in [-0.39, 0.29) is 6.10 Å². The van der Waals surface area contributed by atoms with Gasteiger partial charge in [-0.15, -0.1) is 0 Å². The molecule has 1 saturated heterocycles. The summed E-state index contributed by atoms with van der Waals surface area (Å²) in [5.41, 5.74) is 0. The Labute approximate surface area is 90.1 Å². The zero-order chi connectivity index (χ0) is 11.3. The standard InChI is InChI=1S/C10H18N2O3/c1-8(2)15-10(13)11-9(3)12-4-6-14-7-5-12/h8H,4-7H2,1-3H3/b11-9-. The molecule has 0 aromatic carbocycles. The summed E-state index contributed by atoms with van der Waals surface area (Å²) in [6.45, 7) is 8.36. The zero-order valence-electron chi connectivity index (χ0n) is 9.52. The number of carbonyl (C=O) groups excluding carboxylic acids is 1. The van der Waals surface area contributed by atoms with Crippen molar-refractivity contribution in [1.82, 2.24) is 4.90 Å². The predicted octanol–water partition coefficient (Wildman–Crippen LogP) is 1.28. The van der Waals surface area contributed by atoms with Crippen molar-refractivity contribution >= 4 is 11.9 Å². The quantitative estimate of drug-likeness (QED) is 0.487. The van der Waals surface area contributed by atoms with E-state index in [1.54, 1.807) is 13.8 Å². The van der Waals surface area contributed by atoms with Gasteiger partial charge in [0.1, 0.15) is 5.84 Å². The minimum Gasteiger partial charge on any atom is -0.445 e. The first-order chi connectivity index (χ1) is 7.09. The summed E-state index contributed by atoms with van der Waals surface area (Å²) in [5, 5.41) is 0. The van der Waals surface area contributed by atoms with E-state index in [1.807, 2.05) is 11.8 Å². The van der Waals surface area contributed by atoms with E-state index in [0.29, 0.717) is 19.0 Å². The van der Waals surface area contributed by atoms with Crippen LogP contribution in [0, 0.1) is 0 Å². The van der Waals surface area contributed by atoms with Gasteiger partial charge in [-0.1, -0.05) is 0 Å². The molecule has 1 aliphatic heterocycles. The van der Waals surface area contributed by atoms with Crippen LogP contribution in [-0.4, -0.2) is 49.2 Å². The van der Waals surface area contributed by atoms with Crippen molar-refractivity contribution in [3.63, 3.8) is 0 Å². The highest BCUT2D eigenvalue weighted by atomic mass is 16.6. The van der Waals surface area contributed by atoms with Crippen LogP contribution in [0.5, 0.6) is 0 Å². The van der Waals surface area contributed by atoms with E-state index < -0.39 is 6.09 Å². The Morgan fingerprint density at radius 2 is 2.00 bits per heavy atom. The van der Waals surface area contributed by atoms with Crippen LogP contribution in [0.25, 0.3) is 0 Å². The summed E-state index contributed by atoms with van der Waals surface area (Å²) in [6, 6.07) is 0. The Bertz CT molecular complexity index is 245. The molecule has 0 saturated carbocycles. The number of carbonyl (C=O) groups is 1. The minimum atomic E-state index is -0.519. The van der Waals surface area contributed by atoms with E-state index in [2.05, 4.69) is 4.99 Å². The van der Waals surface area contributed by atoms with Crippen molar-refractivity contribution in [2.24, 2.45) is 4.99 Å². The summed E-state index contributed by atoms with van der Waals surface area (Å²) < 4.78 is 10.1. The molecule has 1 fully saturated rings.